The maximum Gasteiger partial charge on any atom is 0.229 e. The van der Waals surface area contributed by atoms with Crippen LogP contribution in [0.5, 0.6) is 0 Å². The van der Waals surface area contributed by atoms with Crippen LogP contribution in [0.3, 0.4) is 0 Å². The first-order valence-electron chi connectivity index (χ1n) is 11.8. The van der Waals surface area contributed by atoms with Crippen molar-refractivity contribution in [1.29, 1.82) is 0 Å². The van der Waals surface area contributed by atoms with E-state index in [0.29, 0.717) is 19.6 Å². The van der Waals surface area contributed by atoms with Crippen LogP contribution in [0.15, 0.2) is 24.4 Å². The molecule has 2 aromatic rings. The predicted octanol–water partition coefficient (Wildman–Crippen LogP) is 2.41. The lowest BCUT2D eigenvalue weighted by Gasteiger charge is -2.35. The summed E-state index contributed by atoms with van der Waals surface area (Å²) in [7, 11) is 1.79. The number of ether oxygens (including phenoxy) is 1. The van der Waals surface area contributed by atoms with Gasteiger partial charge in [-0.15, -0.1) is 11.3 Å². The van der Waals surface area contributed by atoms with Crippen LogP contribution in [-0.2, 0) is 14.3 Å². The van der Waals surface area contributed by atoms with Gasteiger partial charge in [-0.05, 0) is 26.7 Å². The van der Waals surface area contributed by atoms with E-state index in [0.717, 1.165) is 40.2 Å². The molecule has 34 heavy (non-hydrogen) atoms. The number of hydrogen-bond acceptors (Lipinski definition) is 8. The van der Waals surface area contributed by atoms with Gasteiger partial charge in [0, 0.05) is 48.9 Å². The van der Waals surface area contributed by atoms with Gasteiger partial charge in [-0.3, -0.25) is 9.59 Å². The highest BCUT2D eigenvalue weighted by molar-refractivity contribution is 7.15. The molecule has 4 aliphatic heterocycles. The SMILES string of the molecule is Cc1cc(Nc2ncc(C)s2)nc(C2CCN(C(=O)C3C4C=CC5(CN(C)C(=O)C35)O4)CC2)n1. The van der Waals surface area contributed by atoms with Crippen LogP contribution in [0, 0.1) is 25.7 Å². The van der Waals surface area contributed by atoms with Crippen LogP contribution in [0.1, 0.15) is 35.2 Å². The molecule has 0 saturated carbocycles. The fourth-order valence-electron chi connectivity index (χ4n) is 5.90. The van der Waals surface area contributed by atoms with E-state index in [2.05, 4.69) is 10.3 Å². The highest BCUT2D eigenvalue weighted by Gasteiger charge is 2.66. The lowest BCUT2D eigenvalue weighted by Crippen LogP contribution is -2.48. The number of likely N-dealkylation sites (N-methyl/N-ethyl adjacent to an activating group) is 1. The van der Waals surface area contributed by atoms with Gasteiger partial charge >= 0.3 is 0 Å². The van der Waals surface area contributed by atoms with Gasteiger partial charge in [-0.1, -0.05) is 12.2 Å². The molecular weight excluding hydrogens is 452 g/mol. The second kappa shape index (κ2) is 7.84. The van der Waals surface area contributed by atoms with Crippen LogP contribution < -0.4 is 5.32 Å². The van der Waals surface area contributed by atoms with Crippen molar-refractivity contribution in [2.75, 3.05) is 32.0 Å². The van der Waals surface area contributed by atoms with Crippen LogP contribution >= 0.6 is 11.3 Å². The van der Waals surface area contributed by atoms with Gasteiger partial charge in [0.2, 0.25) is 11.8 Å². The number of hydrogen-bond donors (Lipinski definition) is 1. The van der Waals surface area contributed by atoms with Crippen molar-refractivity contribution in [3.63, 3.8) is 0 Å². The largest absolute Gasteiger partial charge is 0.360 e. The smallest absolute Gasteiger partial charge is 0.229 e. The zero-order valence-electron chi connectivity index (χ0n) is 19.5. The Balaban J connectivity index is 1.14. The molecule has 1 spiro atoms. The lowest BCUT2D eigenvalue weighted by atomic mass is 9.76. The number of fused-ring (bicyclic) bond motifs is 1. The van der Waals surface area contributed by atoms with Crippen molar-refractivity contribution < 1.29 is 14.3 Å². The number of piperidine rings is 1. The Morgan fingerprint density at radius 1 is 1.26 bits per heavy atom. The molecule has 6 rings (SSSR count). The minimum atomic E-state index is -0.621. The van der Waals surface area contributed by atoms with Crippen LogP contribution in [-0.4, -0.2) is 75.0 Å². The molecule has 10 heteroatoms. The Kier molecular flexibility index (Phi) is 5.00. The summed E-state index contributed by atoms with van der Waals surface area (Å²) in [4.78, 5) is 44.9. The van der Waals surface area contributed by atoms with Crippen LogP contribution in [0.4, 0.5) is 10.9 Å². The molecule has 2 aromatic heterocycles. The summed E-state index contributed by atoms with van der Waals surface area (Å²) in [6, 6.07) is 1.92. The summed E-state index contributed by atoms with van der Waals surface area (Å²) < 4.78 is 6.16. The minimum absolute atomic E-state index is 0.0173. The molecule has 2 amide bonds. The van der Waals surface area contributed by atoms with E-state index < -0.39 is 17.4 Å². The highest BCUT2D eigenvalue weighted by atomic mass is 32.1. The van der Waals surface area contributed by atoms with E-state index in [4.69, 9.17) is 14.7 Å². The summed E-state index contributed by atoms with van der Waals surface area (Å²) in [5.41, 5.74) is 0.281. The van der Waals surface area contributed by atoms with E-state index in [9.17, 15) is 9.59 Å². The molecular formula is C24H28N6O3S. The average molecular weight is 481 g/mol. The Morgan fingerprint density at radius 3 is 2.79 bits per heavy atom. The number of nitrogens with one attached hydrogen (secondary N) is 1. The van der Waals surface area contributed by atoms with E-state index in [1.807, 2.05) is 43.2 Å². The van der Waals surface area contributed by atoms with Gasteiger partial charge in [0.05, 0.1) is 24.5 Å². The summed E-state index contributed by atoms with van der Waals surface area (Å²) in [5.74, 6) is 0.965. The predicted molar refractivity (Wildman–Crippen MR) is 127 cm³/mol. The zero-order valence-corrected chi connectivity index (χ0v) is 20.3. The number of carbonyl (C=O) groups is 2. The Morgan fingerprint density at radius 2 is 2.06 bits per heavy atom. The van der Waals surface area contributed by atoms with Crippen molar-refractivity contribution in [3.05, 3.63) is 40.8 Å². The van der Waals surface area contributed by atoms with Crippen molar-refractivity contribution in [1.82, 2.24) is 24.8 Å². The van der Waals surface area contributed by atoms with Crippen molar-refractivity contribution >= 4 is 34.1 Å². The molecule has 4 unspecified atom stereocenters. The second-order valence-electron chi connectivity index (χ2n) is 9.85. The van der Waals surface area contributed by atoms with E-state index >= 15 is 0 Å². The summed E-state index contributed by atoms with van der Waals surface area (Å²) >= 11 is 1.59. The Hall–Kier alpha value is -2.85. The normalized spacial score (nSPS) is 30.3. The van der Waals surface area contributed by atoms with Crippen molar-refractivity contribution in [2.24, 2.45) is 11.8 Å². The Bertz CT molecular complexity index is 1190. The number of rotatable bonds is 4. The summed E-state index contributed by atoms with van der Waals surface area (Å²) in [5, 5.41) is 4.10. The lowest BCUT2D eigenvalue weighted by molar-refractivity contribution is -0.143. The molecule has 0 radical (unpaired) electrons. The van der Waals surface area contributed by atoms with Crippen molar-refractivity contribution in [3.8, 4) is 0 Å². The molecule has 6 heterocycles. The third-order valence-electron chi connectivity index (χ3n) is 7.47. The molecule has 2 bridgehead atoms. The number of anilines is 2. The first-order valence-corrected chi connectivity index (χ1v) is 12.6. The first-order chi connectivity index (χ1) is 16.3. The summed E-state index contributed by atoms with van der Waals surface area (Å²) in [6.45, 7) is 5.78. The third-order valence-corrected chi connectivity index (χ3v) is 8.30. The quantitative estimate of drug-likeness (QED) is 0.671. The first kappa shape index (κ1) is 21.7. The maximum absolute atomic E-state index is 13.5. The topological polar surface area (TPSA) is 101 Å². The molecule has 3 saturated heterocycles. The average Bonchev–Trinajstić information content (AvgIpc) is 3.55. The monoisotopic (exact) mass is 480 g/mol. The Labute approximate surface area is 202 Å². The number of carbonyl (C=O) groups excluding carboxylic acids is 2. The molecule has 4 aliphatic rings. The molecule has 4 atom stereocenters. The van der Waals surface area contributed by atoms with E-state index in [1.54, 1.807) is 23.3 Å². The van der Waals surface area contributed by atoms with E-state index in [-0.39, 0.29) is 23.8 Å². The van der Waals surface area contributed by atoms with E-state index in [1.165, 1.54) is 0 Å². The van der Waals surface area contributed by atoms with Gasteiger partial charge < -0.3 is 19.9 Å². The summed E-state index contributed by atoms with van der Waals surface area (Å²) in [6.07, 6.45) is 7.09. The molecule has 1 N–H and O–H groups in total. The van der Waals surface area contributed by atoms with Gasteiger partial charge in [-0.2, -0.15) is 0 Å². The number of likely N-dealkylation sites (tertiary alicyclic amines) is 2. The van der Waals surface area contributed by atoms with Gasteiger partial charge in [-0.25, -0.2) is 15.0 Å². The van der Waals surface area contributed by atoms with Gasteiger partial charge in [0.1, 0.15) is 17.2 Å². The number of aromatic nitrogens is 3. The highest BCUT2D eigenvalue weighted by Crippen LogP contribution is 2.52. The minimum Gasteiger partial charge on any atom is -0.360 e. The molecule has 3 fully saturated rings. The maximum atomic E-state index is 13.5. The second-order valence-corrected chi connectivity index (χ2v) is 11.1. The third kappa shape index (κ3) is 3.42. The van der Waals surface area contributed by atoms with Crippen LogP contribution in [0.2, 0.25) is 0 Å². The molecule has 0 aromatic carbocycles. The van der Waals surface area contributed by atoms with Gasteiger partial charge in [0.15, 0.2) is 5.13 Å². The number of thiazole rings is 1. The van der Waals surface area contributed by atoms with Gasteiger partial charge in [0.25, 0.3) is 0 Å². The van der Waals surface area contributed by atoms with Crippen molar-refractivity contribution in [2.45, 2.75) is 44.3 Å². The number of aryl methyl sites for hydroxylation is 2. The number of nitrogens with zero attached hydrogens (tertiary/aromatic N) is 5. The number of amides is 2. The standard InChI is InChI=1S/C24H28N6O3S/c1-13-10-17(28-23-25-11-14(2)34-23)27-20(26-13)15-5-8-30(9-6-15)21(31)18-16-4-7-24(33-16)12-29(3)22(32)19(18)24/h4,7,10-11,15-16,18-19H,5-6,8-9,12H2,1-3H3,(H,25,26,27,28). The fraction of sp³-hybridized carbons (Fsp3) is 0.542. The fourth-order valence-corrected chi connectivity index (χ4v) is 6.57. The molecule has 9 nitrogen and oxygen atoms in total. The molecule has 0 aliphatic carbocycles. The molecule has 178 valence electrons. The zero-order chi connectivity index (χ0) is 23.6. The van der Waals surface area contributed by atoms with Crippen LogP contribution in [0.25, 0.3) is 0 Å².